The molecule has 13 heteroatoms. The fourth-order valence-electron chi connectivity index (χ4n) is 5.67. The van der Waals surface area contributed by atoms with Gasteiger partial charge in [0.05, 0.1) is 38.6 Å². The summed E-state index contributed by atoms with van der Waals surface area (Å²) in [7, 11) is -1.42. The van der Waals surface area contributed by atoms with Crippen molar-refractivity contribution in [1.29, 1.82) is 5.26 Å². The van der Waals surface area contributed by atoms with Crippen molar-refractivity contribution >= 4 is 31.4 Å². The number of nitriles is 1. The minimum atomic E-state index is -1.42. The SMILES string of the molecule is CC(C)N(C(C)C)P(OCCC#N)OC[C@@]12CCO[C@@H]([C@H](n3cnc4c(NC(=O)c5ccccc5)ncnc43)O1)[C@@H]2C. The number of benzene rings is 1. The lowest BCUT2D eigenvalue weighted by molar-refractivity contribution is -0.108. The van der Waals surface area contributed by atoms with Crippen molar-refractivity contribution in [3.63, 3.8) is 0 Å². The number of fused-ring (bicyclic) bond motifs is 3. The highest BCUT2D eigenvalue weighted by atomic mass is 31.2. The van der Waals surface area contributed by atoms with E-state index in [1.807, 2.05) is 10.6 Å². The first-order chi connectivity index (χ1) is 20.3. The summed E-state index contributed by atoms with van der Waals surface area (Å²) in [5.41, 5.74) is 0.903. The molecule has 1 N–H and O–H groups in total. The van der Waals surface area contributed by atoms with E-state index in [1.165, 1.54) is 6.33 Å². The first kappa shape index (κ1) is 30.4. The number of hydrogen-bond donors (Lipinski definition) is 1. The third-order valence-corrected chi connectivity index (χ3v) is 9.83. The number of hydrogen-bond acceptors (Lipinski definition) is 10. The van der Waals surface area contributed by atoms with E-state index in [0.29, 0.717) is 55.2 Å². The van der Waals surface area contributed by atoms with Crippen LogP contribution in [0.2, 0.25) is 0 Å². The molecule has 2 saturated heterocycles. The fraction of sp³-hybridized carbons (Fsp3) is 0.552. The largest absolute Gasteiger partial charge is 0.373 e. The van der Waals surface area contributed by atoms with Gasteiger partial charge in [-0.05, 0) is 39.8 Å². The third-order valence-electron chi connectivity index (χ3n) is 7.78. The number of imidazole rings is 1. The van der Waals surface area contributed by atoms with Crippen LogP contribution < -0.4 is 5.32 Å². The maximum absolute atomic E-state index is 12.8. The van der Waals surface area contributed by atoms with E-state index in [2.05, 4.69) is 65.6 Å². The summed E-state index contributed by atoms with van der Waals surface area (Å²) in [6.07, 6.45) is 3.26. The number of carbonyl (C=O) groups excluding carboxylic acids is 1. The predicted octanol–water partition coefficient (Wildman–Crippen LogP) is 5.06. The van der Waals surface area contributed by atoms with Gasteiger partial charge in [-0.25, -0.2) is 19.6 Å². The Labute approximate surface area is 247 Å². The van der Waals surface area contributed by atoms with Crippen LogP contribution in [-0.2, 0) is 18.5 Å². The van der Waals surface area contributed by atoms with Gasteiger partial charge in [0.2, 0.25) is 0 Å². The van der Waals surface area contributed by atoms with E-state index >= 15 is 0 Å². The van der Waals surface area contributed by atoms with Gasteiger partial charge in [0.15, 0.2) is 23.2 Å². The van der Waals surface area contributed by atoms with E-state index < -0.39 is 20.4 Å². The standard InChI is InChI=1S/C29H38N7O5P/c1-19(2)36(20(3)4)42(39-14-9-13-30)40-16-29-12-15-38-24(21(29)5)28(41-29)35-18-33-23-25(31-17-32-26(23)35)34-27(37)22-10-7-6-8-11-22/h6-8,10-11,17-21,24,28H,9,12,14-16H2,1-5H3,(H,31,32,34,37)/t21-,24+,28+,29+,42?/m0/s1. The number of amides is 1. The maximum atomic E-state index is 12.8. The van der Waals surface area contributed by atoms with Gasteiger partial charge in [-0.2, -0.15) is 5.26 Å². The number of aromatic nitrogens is 4. The Morgan fingerprint density at radius 1 is 1.21 bits per heavy atom. The monoisotopic (exact) mass is 595 g/mol. The Bertz CT molecular complexity index is 1410. The van der Waals surface area contributed by atoms with Gasteiger partial charge >= 0.3 is 0 Å². The lowest BCUT2D eigenvalue weighted by Crippen LogP contribution is -2.46. The number of rotatable bonds is 12. The van der Waals surface area contributed by atoms with E-state index in [1.54, 1.807) is 30.6 Å². The minimum absolute atomic E-state index is 0.00954. The first-order valence-corrected chi connectivity index (χ1v) is 15.4. The van der Waals surface area contributed by atoms with Gasteiger partial charge < -0.3 is 23.8 Å². The van der Waals surface area contributed by atoms with Crippen LogP contribution in [0.1, 0.15) is 64.0 Å². The molecule has 5 atom stereocenters. The summed E-state index contributed by atoms with van der Waals surface area (Å²) in [5, 5.41) is 11.9. The number of carbonyl (C=O) groups is 1. The number of anilines is 1. The van der Waals surface area contributed by atoms with Crippen molar-refractivity contribution in [2.75, 3.05) is 25.1 Å². The van der Waals surface area contributed by atoms with Crippen LogP contribution in [0.5, 0.6) is 0 Å². The van der Waals surface area contributed by atoms with Crippen LogP contribution in [0, 0.1) is 17.2 Å². The molecule has 224 valence electrons. The fourth-order valence-corrected chi connectivity index (χ4v) is 7.34. The van der Waals surface area contributed by atoms with E-state index in [9.17, 15) is 4.79 Å². The Balaban J connectivity index is 1.37. The molecule has 0 aliphatic carbocycles. The topological polar surface area (TPSA) is 137 Å². The van der Waals surface area contributed by atoms with E-state index in [4.69, 9.17) is 23.8 Å². The zero-order chi connectivity index (χ0) is 29.9. The lowest BCUT2D eigenvalue weighted by atomic mass is 9.83. The zero-order valence-electron chi connectivity index (χ0n) is 24.6. The molecule has 2 aliphatic rings. The van der Waals surface area contributed by atoms with Crippen LogP contribution in [0.3, 0.4) is 0 Å². The minimum Gasteiger partial charge on any atom is -0.373 e. The maximum Gasteiger partial charge on any atom is 0.259 e. The zero-order valence-corrected chi connectivity index (χ0v) is 25.5. The molecule has 1 amide bonds. The predicted molar refractivity (Wildman–Crippen MR) is 157 cm³/mol. The molecule has 3 aromatic rings. The van der Waals surface area contributed by atoms with Crippen molar-refractivity contribution < 1.29 is 23.3 Å². The highest BCUT2D eigenvalue weighted by Crippen LogP contribution is 2.53. The number of ether oxygens (including phenoxy) is 2. The van der Waals surface area contributed by atoms with E-state index in [-0.39, 0.29) is 30.0 Å². The Hall–Kier alpha value is -3.04. The molecule has 0 spiro atoms. The number of nitrogens with zero attached hydrogens (tertiary/aromatic N) is 6. The average Bonchev–Trinajstić information content (AvgIpc) is 3.44. The molecule has 2 bridgehead atoms. The molecule has 1 aromatic carbocycles. The summed E-state index contributed by atoms with van der Waals surface area (Å²) in [6.45, 7) is 11.7. The van der Waals surface area contributed by atoms with Crippen molar-refractivity contribution in [2.24, 2.45) is 5.92 Å². The third kappa shape index (κ3) is 6.04. The second-order valence-corrected chi connectivity index (χ2v) is 12.6. The van der Waals surface area contributed by atoms with Crippen molar-refractivity contribution in [2.45, 2.75) is 77.5 Å². The Kier molecular flexibility index (Phi) is 9.47. The molecule has 12 nitrogen and oxygen atoms in total. The van der Waals surface area contributed by atoms with Gasteiger partial charge in [-0.3, -0.25) is 9.36 Å². The van der Waals surface area contributed by atoms with Gasteiger partial charge in [0.25, 0.3) is 14.4 Å². The highest BCUT2D eigenvalue weighted by Gasteiger charge is 2.57. The summed E-state index contributed by atoms with van der Waals surface area (Å²) < 4.78 is 29.8. The molecule has 0 saturated carbocycles. The Morgan fingerprint density at radius 2 is 1.98 bits per heavy atom. The van der Waals surface area contributed by atoms with Gasteiger partial charge in [-0.1, -0.05) is 25.1 Å². The lowest BCUT2D eigenvalue weighted by Gasteiger charge is -2.40. The van der Waals surface area contributed by atoms with Crippen molar-refractivity contribution in [1.82, 2.24) is 24.2 Å². The smallest absolute Gasteiger partial charge is 0.259 e. The van der Waals surface area contributed by atoms with Crippen molar-refractivity contribution in [3.05, 3.63) is 48.5 Å². The molecule has 2 aromatic heterocycles. The summed E-state index contributed by atoms with van der Waals surface area (Å²) in [5.74, 6) is 0.0509. The van der Waals surface area contributed by atoms with Gasteiger partial charge in [0.1, 0.15) is 18.0 Å². The van der Waals surface area contributed by atoms with Crippen LogP contribution in [0.15, 0.2) is 43.0 Å². The molecule has 1 unspecified atom stereocenters. The van der Waals surface area contributed by atoms with Crippen LogP contribution in [0.4, 0.5) is 5.82 Å². The van der Waals surface area contributed by atoms with Crippen LogP contribution in [-0.4, -0.2) is 73.7 Å². The van der Waals surface area contributed by atoms with E-state index in [0.717, 1.165) is 0 Å². The second kappa shape index (κ2) is 13.1. The molecular formula is C29H38N7O5P. The molecule has 2 fully saturated rings. The molecule has 5 rings (SSSR count). The number of nitrogens with one attached hydrogen (secondary N) is 1. The molecule has 42 heavy (non-hydrogen) atoms. The summed E-state index contributed by atoms with van der Waals surface area (Å²) >= 11 is 0. The van der Waals surface area contributed by atoms with Crippen LogP contribution >= 0.6 is 8.53 Å². The van der Waals surface area contributed by atoms with Gasteiger partial charge in [-0.15, -0.1) is 0 Å². The van der Waals surface area contributed by atoms with Gasteiger partial charge in [0, 0.05) is 30.0 Å². The normalized spacial score (nSPS) is 24.4. The second-order valence-electron chi connectivity index (χ2n) is 11.1. The van der Waals surface area contributed by atoms with Crippen LogP contribution in [0.25, 0.3) is 11.2 Å². The highest BCUT2D eigenvalue weighted by molar-refractivity contribution is 7.44. The van der Waals surface area contributed by atoms with Crippen molar-refractivity contribution in [3.8, 4) is 6.07 Å². The summed E-state index contributed by atoms with van der Waals surface area (Å²) in [4.78, 5) is 26.1. The Morgan fingerprint density at radius 3 is 2.69 bits per heavy atom. The quantitative estimate of drug-likeness (QED) is 0.223. The summed E-state index contributed by atoms with van der Waals surface area (Å²) in [6, 6.07) is 11.5. The first-order valence-electron chi connectivity index (χ1n) is 14.3. The molecule has 2 aliphatic heterocycles. The molecule has 0 radical (unpaired) electrons. The molecule has 4 heterocycles. The average molecular weight is 596 g/mol. The molecular weight excluding hydrogens is 557 g/mol.